The molecule has 1 saturated carbocycles. The van der Waals surface area contributed by atoms with Gasteiger partial charge in [-0.25, -0.2) is 11.6 Å². The Balaban J connectivity index is 0.00000320. The second-order valence-electron chi connectivity index (χ2n) is 8.47. The van der Waals surface area contributed by atoms with E-state index < -0.39 is 14.1 Å². The molecule has 1 unspecified atom stereocenters. The topological polar surface area (TPSA) is 43.5 Å². The van der Waals surface area contributed by atoms with Crippen molar-refractivity contribution in [3.8, 4) is 5.88 Å². The number of carbonyl (C=O) groups is 1. The Labute approximate surface area is 202 Å². The first-order valence-corrected chi connectivity index (χ1v) is 13.8. The molecule has 0 aliphatic heterocycles. The predicted molar refractivity (Wildman–Crippen MR) is 122 cm³/mol. The molecular weight excluding hydrogens is 551 g/mol. The van der Waals surface area contributed by atoms with Crippen molar-refractivity contribution in [1.82, 2.24) is 4.98 Å². The summed E-state index contributed by atoms with van der Waals surface area (Å²) in [6.07, 6.45) is 1.18. The summed E-state index contributed by atoms with van der Waals surface area (Å²) in [4.78, 5) is 21.7. The van der Waals surface area contributed by atoms with Gasteiger partial charge in [-0.15, -0.1) is 0 Å². The summed E-state index contributed by atoms with van der Waals surface area (Å²) in [5.74, 6) is 0.715. The van der Waals surface area contributed by atoms with E-state index in [4.69, 9.17) is 11.3 Å². The van der Waals surface area contributed by atoms with Crippen molar-refractivity contribution in [1.29, 1.82) is 0 Å². The number of aromatic nitrogens is 1. The number of ketones is 1. The number of methoxy groups -OCH3 is 1. The predicted octanol–water partition coefficient (Wildman–Crippen LogP) is 4.89. The second-order valence-corrected chi connectivity index (χ2v) is 14.0. The van der Waals surface area contributed by atoms with Crippen LogP contribution in [-0.2, 0) is 31.6 Å². The Hall–Kier alpha value is -1.31. The van der Waals surface area contributed by atoms with Crippen molar-refractivity contribution >= 4 is 35.0 Å². The molecular formula is C23H27BrN2O2PdSi. The van der Waals surface area contributed by atoms with Crippen molar-refractivity contribution in [2.45, 2.75) is 44.4 Å². The van der Waals surface area contributed by atoms with Crippen LogP contribution < -0.4 is 9.92 Å². The summed E-state index contributed by atoms with van der Waals surface area (Å²) in [6, 6.07) is 13.8. The van der Waals surface area contributed by atoms with Crippen LogP contribution in [0.5, 0.6) is 5.88 Å². The fourth-order valence-corrected chi connectivity index (χ4v) is 9.65. The van der Waals surface area contributed by atoms with Gasteiger partial charge in [-0.3, -0.25) is 4.79 Å². The van der Waals surface area contributed by atoms with E-state index in [1.165, 1.54) is 5.19 Å². The van der Waals surface area contributed by atoms with E-state index in [0.717, 1.165) is 10.2 Å². The zero-order valence-corrected chi connectivity index (χ0v) is 21.8. The average molecular weight is 578 g/mol. The smallest absolute Gasteiger partial charge is 0.281 e. The molecule has 0 radical (unpaired) electrons. The number of benzene rings is 1. The Morgan fingerprint density at radius 2 is 1.90 bits per heavy atom. The summed E-state index contributed by atoms with van der Waals surface area (Å²) in [7, 11) is -0.386. The number of nitrogens with zero attached hydrogens (tertiary/aromatic N) is 2. The monoisotopic (exact) mass is 576 g/mol. The van der Waals surface area contributed by atoms with Gasteiger partial charge in [0.2, 0.25) is 11.7 Å². The van der Waals surface area contributed by atoms with Crippen molar-refractivity contribution in [2.75, 3.05) is 7.11 Å². The second kappa shape index (κ2) is 10.3. The molecule has 0 N–H and O–H groups in total. The van der Waals surface area contributed by atoms with Crippen molar-refractivity contribution < 1.29 is 30.0 Å². The fraction of sp³-hybridized carbons (Fsp3) is 0.435. The van der Waals surface area contributed by atoms with Crippen LogP contribution in [-0.4, -0.2) is 32.0 Å². The summed E-state index contributed by atoms with van der Waals surface area (Å²) >= 11 is 3.59. The van der Waals surface area contributed by atoms with Crippen LogP contribution in [0.15, 0.2) is 46.9 Å². The number of ether oxygens (including phenoxy) is 1. The normalized spacial score (nSPS) is 23.9. The van der Waals surface area contributed by atoms with Gasteiger partial charge in [0.15, 0.2) is 0 Å². The third-order valence-electron chi connectivity index (χ3n) is 6.36. The van der Waals surface area contributed by atoms with E-state index in [0.29, 0.717) is 24.6 Å². The molecule has 3 rings (SSSR count). The van der Waals surface area contributed by atoms with E-state index in [9.17, 15) is 4.79 Å². The average Bonchev–Trinajstić information content (AvgIpc) is 2.72. The van der Waals surface area contributed by atoms with Crippen LogP contribution in [0, 0.1) is 18.4 Å². The summed E-state index contributed by atoms with van der Waals surface area (Å²) < 4.78 is 6.17. The summed E-state index contributed by atoms with van der Waals surface area (Å²) in [5, 5.41) is 1.36. The Bertz CT molecular complexity index is 933. The van der Waals surface area contributed by atoms with Crippen molar-refractivity contribution in [2.24, 2.45) is 11.8 Å². The standard InChI is InChI=1S/C23H27BrN2O2Si.Pd/c1-15-13-20(25-2)22(27)17(14-19-18(24)11-12-21(26-19)28-3)23(15)29(4,5)16-9-7-6-8-10-16;/h6-12,15,17,20,23H,13-14H2,1,3-5H3;/t15-,17+,20?,23+;/m1./s1. The van der Waals surface area contributed by atoms with Gasteiger partial charge in [0.05, 0.1) is 20.9 Å². The number of hydrogen-bond donors (Lipinski definition) is 0. The van der Waals surface area contributed by atoms with E-state index in [1.54, 1.807) is 13.2 Å². The van der Waals surface area contributed by atoms with E-state index in [1.807, 2.05) is 12.1 Å². The fourth-order valence-electron chi connectivity index (χ4n) is 4.98. The van der Waals surface area contributed by atoms with Crippen molar-refractivity contribution in [3.05, 3.63) is 64.0 Å². The quantitative estimate of drug-likeness (QED) is 0.376. The zero-order valence-electron chi connectivity index (χ0n) is 17.7. The van der Waals surface area contributed by atoms with Gasteiger partial charge in [0.25, 0.3) is 6.04 Å². The number of pyridine rings is 1. The van der Waals surface area contributed by atoms with Gasteiger partial charge in [-0.05, 0) is 33.5 Å². The van der Waals surface area contributed by atoms with Crippen LogP contribution in [0.3, 0.4) is 0 Å². The molecule has 1 aromatic heterocycles. The Morgan fingerprint density at radius 1 is 1.23 bits per heavy atom. The molecule has 4 atom stereocenters. The maximum atomic E-state index is 13.4. The number of halogens is 1. The molecule has 1 aliphatic carbocycles. The van der Waals surface area contributed by atoms with Gasteiger partial charge in [-0.2, -0.15) is 0 Å². The number of rotatable bonds is 5. The minimum absolute atomic E-state index is 0. The van der Waals surface area contributed by atoms with Crippen LogP contribution in [0.25, 0.3) is 4.85 Å². The third-order valence-corrected chi connectivity index (χ3v) is 11.5. The maximum Gasteiger partial charge on any atom is 0.281 e. The SMILES string of the molecule is [C-]#[N+]C1C[C@@H](C)[C@H]([Si](C)(C)c2ccccc2)[C@@H](Cc2nc(OC)ccc2Br)C1=O.[Pd]. The zero-order chi connectivity index (χ0) is 21.2. The third kappa shape index (κ3) is 4.94. The molecule has 4 nitrogen and oxygen atoms in total. The largest absolute Gasteiger partial charge is 0.481 e. The molecule has 1 aromatic carbocycles. The summed E-state index contributed by atoms with van der Waals surface area (Å²) in [5.41, 5.74) is 1.07. The van der Waals surface area contributed by atoms with E-state index in [2.05, 4.69) is 70.0 Å². The van der Waals surface area contributed by atoms with Gasteiger partial charge in [0, 0.05) is 49.7 Å². The number of carbonyl (C=O) groups excluding carboxylic acids is 1. The van der Waals surface area contributed by atoms with Gasteiger partial charge in [-0.1, -0.05) is 55.5 Å². The molecule has 2 aromatic rings. The molecule has 1 heterocycles. The van der Waals surface area contributed by atoms with E-state index in [-0.39, 0.29) is 37.7 Å². The molecule has 0 amide bonds. The van der Waals surface area contributed by atoms with Crippen LogP contribution in [0.2, 0.25) is 18.6 Å². The first-order valence-electron chi connectivity index (χ1n) is 9.94. The molecule has 1 aliphatic rings. The van der Waals surface area contributed by atoms with Gasteiger partial charge >= 0.3 is 0 Å². The van der Waals surface area contributed by atoms with Gasteiger partial charge < -0.3 is 9.58 Å². The minimum atomic E-state index is -1.98. The maximum absolute atomic E-state index is 13.4. The number of Topliss-reactive ketones (excluding diaryl/α,β-unsaturated/α-hetero) is 1. The minimum Gasteiger partial charge on any atom is -0.481 e. The molecule has 7 heteroatoms. The molecule has 0 saturated heterocycles. The Morgan fingerprint density at radius 3 is 2.50 bits per heavy atom. The van der Waals surface area contributed by atoms with E-state index >= 15 is 0 Å². The Kier molecular flexibility index (Phi) is 8.60. The van der Waals surface area contributed by atoms with Crippen molar-refractivity contribution in [3.63, 3.8) is 0 Å². The molecule has 162 valence electrons. The molecule has 0 bridgehead atoms. The summed E-state index contributed by atoms with van der Waals surface area (Å²) in [6.45, 7) is 14.5. The van der Waals surface area contributed by atoms with Gasteiger partial charge in [0.1, 0.15) is 0 Å². The first-order chi connectivity index (χ1) is 13.8. The van der Waals surface area contributed by atoms with Crippen LogP contribution in [0.1, 0.15) is 19.0 Å². The molecule has 30 heavy (non-hydrogen) atoms. The van der Waals surface area contributed by atoms with Crippen LogP contribution in [0.4, 0.5) is 0 Å². The molecule has 1 fully saturated rings. The van der Waals surface area contributed by atoms with Crippen LogP contribution >= 0.6 is 15.9 Å². The number of hydrogen-bond acceptors (Lipinski definition) is 3. The molecule has 0 spiro atoms. The first kappa shape index (κ1) is 25.0.